The van der Waals surface area contributed by atoms with Crippen LogP contribution < -0.4 is 10.1 Å². The van der Waals surface area contributed by atoms with Crippen molar-refractivity contribution in [3.63, 3.8) is 0 Å². The molecule has 0 spiro atoms. The predicted molar refractivity (Wildman–Crippen MR) is 93.5 cm³/mol. The Hall–Kier alpha value is -1.83. The highest BCUT2D eigenvalue weighted by atomic mass is 79.9. The Labute approximate surface area is 156 Å². The molecule has 1 amide bonds. The molecule has 0 bridgehead atoms. The zero-order valence-electron chi connectivity index (χ0n) is 12.1. The number of carbonyl (C=O) groups is 2. The van der Waals surface area contributed by atoms with Gasteiger partial charge in [0.2, 0.25) is 0 Å². The molecule has 6 nitrogen and oxygen atoms in total. The lowest BCUT2D eigenvalue weighted by atomic mass is 10.3. The van der Waals surface area contributed by atoms with Crippen molar-refractivity contribution in [1.29, 1.82) is 0 Å². The van der Waals surface area contributed by atoms with Crippen molar-refractivity contribution in [1.82, 2.24) is 4.98 Å². The van der Waals surface area contributed by atoms with Crippen molar-refractivity contribution in [2.75, 3.05) is 18.5 Å². The van der Waals surface area contributed by atoms with Gasteiger partial charge in [-0.1, -0.05) is 23.2 Å². The van der Waals surface area contributed by atoms with E-state index < -0.39 is 18.5 Å². The van der Waals surface area contributed by atoms with E-state index in [1.165, 1.54) is 12.3 Å². The first-order valence-electron chi connectivity index (χ1n) is 6.59. The molecule has 126 valence electrons. The molecule has 0 fully saturated rings. The first-order chi connectivity index (χ1) is 11.4. The SMILES string of the molecule is O=C(COC(=O)COc1ccc(Cl)cc1Br)Nc1ccc(Cl)cn1. The number of pyridine rings is 1. The van der Waals surface area contributed by atoms with Crippen molar-refractivity contribution < 1.29 is 19.1 Å². The molecule has 0 atom stereocenters. The van der Waals surface area contributed by atoms with Gasteiger partial charge in [0.15, 0.2) is 13.2 Å². The molecule has 9 heteroatoms. The van der Waals surface area contributed by atoms with Crippen LogP contribution in [0.4, 0.5) is 5.82 Å². The van der Waals surface area contributed by atoms with E-state index in [4.69, 9.17) is 32.7 Å². The number of hydrogen-bond donors (Lipinski definition) is 1. The maximum atomic E-state index is 11.6. The van der Waals surface area contributed by atoms with Gasteiger partial charge in [-0.15, -0.1) is 0 Å². The Bertz CT molecular complexity index is 741. The molecule has 1 aromatic carbocycles. The Balaban J connectivity index is 1.74. The summed E-state index contributed by atoms with van der Waals surface area (Å²) in [7, 11) is 0. The van der Waals surface area contributed by atoms with Gasteiger partial charge in [0.25, 0.3) is 5.91 Å². The van der Waals surface area contributed by atoms with E-state index in [9.17, 15) is 9.59 Å². The number of ether oxygens (including phenoxy) is 2. The van der Waals surface area contributed by atoms with Gasteiger partial charge in [0, 0.05) is 11.2 Å². The van der Waals surface area contributed by atoms with E-state index in [0.717, 1.165) is 0 Å². The number of amides is 1. The number of esters is 1. The highest BCUT2D eigenvalue weighted by Gasteiger charge is 2.10. The van der Waals surface area contributed by atoms with Crippen molar-refractivity contribution in [3.05, 3.63) is 51.0 Å². The van der Waals surface area contributed by atoms with Crippen molar-refractivity contribution >= 4 is 56.8 Å². The van der Waals surface area contributed by atoms with E-state index in [2.05, 4.69) is 26.2 Å². The molecular weight excluding hydrogens is 423 g/mol. The summed E-state index contributed by atoms with van der Waals surface area (Å²) in [6.07, 6.45) is 1.39. The van der Waals surface area contributed by atoms with Crippen molar-refractivity contribution in [2.45, 2.75) is 0 Å². The second-order valence-electron chi connectivity index (χ2n) is 4.43. The fourth-order valence-electron chi connectivity index (χ4n) is 1.55. The third-order valence-corrected chi connectivity index (χ3v) is 3.68. The lowest BCUT2D eigenvalue weighted by Crippen LogP contribution is -2.24. The monoisotopic (exact) mass is 432 g/mol. The second kappa shape index (κ2) is 8.86. The summed E-state index contributed by atoms with van der Waals surface area (Å²) >= 11 is 14.8. The van der Waals surface area contributed by atoms with Gasteiger partial charge in [-0.25, -0.2) is 9.78 Å². The van der Waals surface area contributed by atoms with E-state index in [-0.39, 0.29) is 6.61 Å². The number of benzene rings is 1. The topological polar surface area (TPSA) is 77.5 Å². The van der Waals surface area contributed by atoms with Gasteiger partial charge >= 0.3 is 5.97 Å². The summed E-state index contributed by atoms with van der Waals surface area (Å²) in [6.45, 7) is -0.791. The predicted octanol–water partition coefficient (Wildman–Crippen LogP) is 3.71. The fraction of sp³-hybridized carbons (Fsp3) is 0.133. The zero-order valence-corrected chi connectivity index (χ0v) is 15.2. The minimum absolute atomic E-state index is 0.307. The third-order valence-electron chi connectivity index (χ3n) is 2.60. The number of hydrogen-bond acceptors (Lipinski definition) is 5. The van der Waals surface area contributed by atoms with Crippen LogP contribution in [0, 0.1) is 0 Å². The molecule has 0 saturated heterocycles. The van der Waals surface area contributed by atoms with Gasteiger partial charge in [-0.3, -0.25) is 4.79 Å². The van der Waals surface area contributed by atoms with Gasteiger partial charge in [-0.05, 0) is 46.3 Å². The van der Waals surface area contributed by atoms with Crippen LogP contribution in [0.1, 0.15) is 0 Å². The molecule has 1 aromatic heterocycles. The molecule has 0 unspecified atom stereocenters. The van der Waals surface area contributed by atoms with Crippen LogP contribution in [0.15, 0.2) is 41.0 Å². The first kappa shape index (κ1) is 18.5. The van der Waals surface area contributed by atoms with E-state index in [1.807, 2.05) is 0 Å². The molecule has 2 rings (SSSR count). The minimum atomic E-state index is -0.684. The molecular formula is C15H11BrCl2N2O4. The molecule has 0 aliphatic carbocycles. The lowest BCUT2D eigenvalue weighted by Gasteiger charge is -2.09. The molecule has 0 radical (unpaired) electrons. The van der Waals surface area contributed by atoms with Crippen LogP contribution in [0.3, 0.4) is 0 Å². The molecule has 2 aromatic rings. The average molecular weight is 434 g/mol. The standard InChI is InChI=1S/C15H11BrCl2N2O4/c16-11-5-9(17)1-3-12(11)23-8-15(22)24-7-14(21)20-13-4-2-10(18)6-19-13/h1-6H,7-8H2,(H,19,20,21). The fourth-order valence-corrected chi connectivity index (χ4v) is 2.45. The van der Waals surface area contributed by atoms with Gasteiger partial charge < -0.3 is 14.8 Å². The van der Waals surface area contributed by atoms with Crippen molar-refractivity contribution in [3.8, 4) is 5.75 Å². The Morgan fingerprint density at radius 1 is 1.12 bits per heavy atom. The Kier molecular flexibility index (Phi) is 6.84. The summed E-state index contributed by atoms with van der Waals surface area (Å²) in [4.78, 5) is 27.1. The van der Waals surface area contributed by atoms with Crippen LogP contribution in [0.2, 0.25) is 10.0 Å². The van der Waals surface area contributed by atoms with Gasteiger partial charge in [0.05, 0.1) is 9.50 Å². The largest absolute Gasteiger partial charge is 0.481 e. The smallest absolute Gasteiger partial charge is 0.344 e. The van der Waals surface area contributed by atoms with Crippen LogP contribution in [-0.2, 0) is 14.3 Å². The van der Waals surface area contributed by atoms with E-state index in [1.54, 1.807) is 24.3 Å². The van der Waals surface area contributed by atoms with Crippen LogP contribution in [0.5, 0.6) is 5.75 Å². The summed E-state index contributed by atoms with van der Waals surface area (Å²) in [5, 5.41) is 3.45. The summed E-state index contributed by atoms with van der Waals surface area (Å²) in [5.74, 6) is -0.463. The van der Waals surface area contributed by atoms with Crippen LogP contribution >= 0.6 is 39.1 Å². The van der Waals surface area contributed by atoms with Crippen LogP contribution in [0.25, 0.3) is 0 Å². The number of carbonyl (C=O) groups excluding carboxylic acids is 2. The molecule has 0 aliphatic heterocycles. The highest BCUT2D eigenvalue weighted by Crippen LogP contribution is 2.27. The number of rotatable bonds is 6. The quantitative estimate of drug-likeness (QED) is 0.702. The maximum absolute atomic E-state index is 11.6. The molecule has 0 saturated carbocycles. The number of halogens is 3. The third kappa shape index (κ3) is 5.99. The number of aromatic nitrogens is 1. The normalized spacial score (nSPS) is 10.1. The Morgan fingerprint density at radius 3 is 2.54 bits per heavy atom. The number of anilines is 1. The molecule has 0 aliphatic rings. The summed E-state index contributed by atoms with van der Waals surface area (Å²) in [5.41, 5.74) is 0. The molecule has 24 heavy (non-hydrogen) atoms. The number of nitrogens with one attached hydrogen (secondary N) is 1. The second-order valence-corrected chi connectivity index (χ2v) is 6.16. The minimum Gasteiger partial charge on any atom is -0.481 e. The molecule has 1 heterocycles. The average Bonchev–Trinajstić information content (AvgIpc) is 2.54. The number of nitrogens with zero attached hydrogens (tertiary/aromatic N) is 1. The van der Waals surface area contributed by atoms with Gasteiger partial charge in [-0.2, -0.15) is 0 Å². The highest BCUT2D eigenvalue weighted by molar-refractivity contribution is 9.10. The van der Waals surface area contributed by atoms with Crippen molar-refractivity contribution in [2.24, 2.45) is 0 Å². The summed E-state index contributed by atoms with van der Waals surface area (Å²) in [6, 6.07) is 7.98. The van der Waals surface area contributed by atoms with E-state index >= 15 is 0 Å². The summed E-state index contributed by atoms with van der Waals surface area (Å²) < 4.78 is 10.7. The Morgan fingerprint density at radius 2 is 1.88 bits per heavy atom. The molecule has 1 N–H and O–H groups in total. The first-order valence-corrected chi connectivity index (χ1v) is 8.14. The zero-order chi connectivity index (χ0) is 17.5. The lowest BCUT2D eigenvalue weighted by molar-refractivity contribution is -0.149. The van der Waals surface area contributed by atoms with Gasteiger partial charge in [0.1, 0.15) is 11.6 Å². The maximum Gasteiger partial charge on any atom is 0.344 e. The van der Waals surface area contributed by atoms with Crippen LogP contribution in [-0.4, -0.2) is 30.1 Å². The van der Waals surface area contributed by atoms with E-state index in [0.29, 0.717) is 26.1 Å².